The Labute approximate surface area is 106 Å². The second-order valence-electron chi connectivity index (χ2n) is 5.11. The molecule has 1 N–H and O–H groups in total. The highest BCUT2D eigenvalue weighted by Gasteiger charge is 2.39. The summed E-state index contributed by atoms with van der Waals surface area (Å²) < 4.78 is 33.0. The van der Waals surface area contributed by atoms with Gasteiger partial charge in [-0.2, -0.15) is 0 Å². The van der Waals surface area contributed by atoms with E-state index in [1.165, 1.54) is 0 Å². The van der Waals surface area contributed by atoms with E-state index in [0.717, 1.165) is 18.9 Å². The number of ether oxygens (including phenoxy) is 1. The van der Waals surface area contributed by atoms with Crippen molar-refractivity contribution in [2.75, 3.05) is 13.7 Å². The van der Waals surface area contributed by atoms with Crippen LogP contribution in [0.5, 0.6) is 0 Å². The van der Waals surface area contributed by atoms with E-state index in [0.29, 0.717) is 17.7 Å². The fourth-order valence-corrected chi connectivity index (χ4v) is 2.72. The van der Waals surface area contributed by atoms with Gasteiger partial charge in [0.25, 0.3) is 0 Å². The highest BCUT2D eigenvalue weighted by Crippen LogP contribution is 2.38. The SMILES string of the molecule is CNC(c1cc(C)c(F)cc1F)C1(C)CCCO1. The topological polar surface area (TPSA) is 21.3 Å². The molecule has 0 spiro atoms. The summed E-state index contributed by atoms with van der Waals surface area (Å²) >= 11 is 0. The summed E-state index contributed by atoms with van der Waals surface area (Å²) in [4.78, 5) is 0. The molecule has 2 nitrogen and oxygen atoms in total. The van der Waals surface area contributed by atoms with Crippen LogP contribution in [0.3, 0.4) is 0 Å². The number of hydrogen-bond acceptors (Lipinski definition) is 2. The first-order valence-corrected chi connectivity index (χ1v) is 6.25. The van der Waals surface area contributed by atoms with E-state index in [9.17, 15) is 8.78 Å². The molecule has 1 saturated heterocycles. The third-order valence-corrected chi connectivity index (χ3v) is 3.74. The van der Waals surface area contributed by atoms with Gasteiger partial charge in [0.05, 0.1) is 11.6 Å². The number of hydrogen-bond donors (Lipinski definition) is 1. The second-order valence-corrected chi connectivity index (χ2v) is 5.11. The third kappa shape index (κ3) is 2.27. The Morgan fingerprint density at radius 1 is 1.33 bits per heavy atom. The van der Waals surface area contributed by atoms with Gasteiger partial charge in [0.1, 0.15) is 11.6 Å². The zero-order valence-corrected chi connectivity index (χ0v) is 11.0. The fraction of sp³-hybridized carbons (Fsp3) is 0.571. The molecule has 1 aliphatic rings. The van der Waals surface area contributed by atoms with Gasteiger partial charge in [-0.3, -0.25) is 0 Å². The number of rotatable bonds is 3. The first-order valence-electron chi connectivity index (χ1n) is 6.25. The van der Waals surface area contributed by atoms with Gasteiger partial charge in [-0.15, -0.1) is 0 Å². The molecule has 1 aromatic rings. The van der Waals surface area contributed by atoms with Crippen molar-refractivity contribution in [3.63, 3.8) is 0 Å². The van der Waals surface area contributed by atoms with Crippen molar-refractivity contribution in [2.45, 2.75) is 38.3 Å². The van der Waals surface area contributed by atoms with Crippen molar-refractivity contribution in [3.8, 4) is 0 Å². The summed E-state index contributed by atoms with van der Waals surface area (Å²) in [7, 11) is 1.77. The van der Waals surface area contributed by atoms with E-state index < -0.39 is 17.2 Å². The monoisotopic (exact) mass is 255 g/mol. The molecule has 0 amide bonds. The third-order valence-electron chi connectivity index (χ3n) is 3.74. The first kappa shape index (κ1) is 13.4. The van der Waals surface area contributed by atoms with E-state index >= 15 is 0 Å². The van der Waals surface area contributed by atoms with Crippen molar-refractivity contribution in [2.24, 2.45) is 0 Å². The van der Waals surface area contributed by atoms with Gasteiger partial charge in [0, 0.05) is 18.2 Å². The second kappa shape index (κ2) is 4.94. The number of aryl methyl sites for hydroxylation is 1. The van der Waals surface area contributed by atoms with Gasteiger partial charge in [-0.05, 0) is 45.4 Å². The minimum absolute atomic E-state index is 0.265. The Morgan fingerprint density at radius 3 is 2.61 bits per heavy atom. The highest BCUT2D eigenvalue weighted by atomic mass is 19.1. The van der Waals surface area contributed by atoms with Crippen molar-refractivity contribution < 1.29 is 13.5 Å². The van der Waals surface area contributed by atoms with Crippen molar-refractivity contribution in [1.29, 1.82) is 0 Å². The van der Waals surface area contributed by atoms with Crippen LogP contribution in [0.25, 0.3) is 0 Å². The van der Waals surface area contributed by atoms with Gasteiger partial charge in [0.2, 0.25) is 0 Å². The lowest BCUT2D eigenvalue weighted by Crippen LogP contribution is -2.40. The van der Waals surface area contributed by atoms with Crippen LogP contribution in [-0.4, -0.2) is 19.3 Å². The summed E-state index contributed by atoms with van der Waals surface area (Å²) in [5.74, 6) is -1.03. The number of halogens is 2. The zero-order chi connectivity index (χ0) is 13.3. The summed E-state index contributed by atoms with van der Waals surface area (Å²) in [5.41, 5.74) is 0.494. The highest BCUT2D eigenvalue weighted by molar-refractivity contribution is 5.30. The Hall–Kier alpha value is -1.00. The largest absolute Gasteiger partial charge is 0.373 e. The molecule has 18 heavy (non-hydrogen) atoms. The molecule has 1 aliphatic heterocycles. The molecular formula is C14H19F2NO. The Balaban J connectivity index is 2.41. The Kier molecular flexibility index (Phi) is 3.69. The standard InChI is InChI=1S/C14H19F2NO/c1-9-7-10(12(16)8-11(9)15)13(17-3)14(2)5-4-6-18-14/h7-8,13,17H,4-6H2,1-3H3. The molecule has 100 valence electrons. The van der Waals surface area contributed by atoms with Crippen LogP contribution in [0, 0.1) is 18.6 Å². The maximum atomic E-state index is 14.0. The number of benzene rings is 1. The predicted molar refractivity (Wildman–Crippen MR) is 66.5 cm³/mol. The van der Waals surface area contributed by atoms with Crippen molar-refractivity contribution in [1.82, 2.24) is 5.32 Å². The minimum atomic E-state index is -0.519. The van der Waals surface area contributed by atoms with Crippen LogP contribution in [0.1, 0.15) is 36.9 Å². The molecule has 0 radical (unpaired) electrons. The Morgan fingerprint density at radius 2 is 2.06 bits per heavy atom. The van der Waals surface area contributed by atoms with E-state index in [-0.39, 0.29) is 6.04 Å². The average molecular weight is 255 g/mol. The van der Waals surface area contributed by atoms with Crippen LogP contribution in [0.2, 0.25) is 0 Å². The molecule has 0 saturated carbocycles. The summed E-state index contributed by atoms with van der Waals surface area (Å²) in [6.45, 7) is 4.30. The number of nitrogens with one attached hydrogen (secondary N) is 1. The molecule has 2 atom stereocenters. The quantitative estimate of drug-likeness (QED) is 0.896. The summed E-state index contributed by atoms with van der Waals surface area (Å²) in [6.07, 6.45) is 1.84. The lowest BCUT2D eigenvalue weighted by molar-refractivity contribution is -0.0114. The maximum Gasteiger partial charge on any atom is 0.131 e. The molecule has 1 heterocycles. The van der Waals surface area contributed by atoms with E-state index in [1.54, 1.807) is 20.0 Å². The molecule has 2 rings (SSSR count). The van der Waals surface area contributed by atoms with Gasteiger partial charge in [-0.25, -0.2) is 8.78 Å². The first-order chi connectivity index (χ1) is 8.48. The van der Waals surface area contributed by atoms with Crippen molar-refractivity contribution >= 4 is 0 Å². The van der Waals surface area contributed by atoms with E-state index in [2.05, 4.69) is 5.32 Å². The normalized spacial score (nSPS) is 25.4. The smallest absolute Gasteiger partial charge is 0.131 e. The molecule has 0 aromatic heterocycles. The summed E-state index contributed by atoms with van der Waals surface area (Å²) in [6, 6.07) is 2.26. The van der Waals surface area contributed by atoms with E-state index in [1.807, 2.05) is 6.92 Å². The van der Waals surface area contributed by atoms with Gasteiger partial charge >= 0.3 is 0 Å². The van der Waals surface area contributed by atoms with Crippen LogP contribution in [-0.2, 0) is 4.74 Å². The van der Waals surface area contributed by atoms with Crippen molar-refractivity contribution in [3.05, 3.63) is 34.9 Å². The van der Waals surface area contributed by atoms with Gasteiger partial charge in [-0.1, -0.05) is 0 Å². The van der Waals surface area contributed by atoms with Crippen LogP contribution in [0.15, 0.2) is 12.1 Å². The van der Waals surface area contributed by atoms with Crippen LogP contribution in [0.4, 0.5) is 8.78 Å². The average Bonchev–Trinajstić information content (AvgIpc) is 2.74. The van der Waals surface area contributed by atoms with E-state index in [4.69, 9.17) is 4.74 Å². The molecule has 1 aromatic carbocycles. The molecule has 0 bridgehead atoms. The minimum Gasteiger partial charge on any atom is -0.373 e. The van der Waals surface area contributed by atoms with Crippen LogP contribution < -0.4 is 5.32 Å². The maximum absolute atomic E-state index is 14.0. The van der Waals surface area contributed by atoms with Crippen LogP contribution >= 0.6 is 0 Å². The fourth-order valence-electron chi connectivity index (χ4n) is 2.72. The zero-order valence-electron chi connectivity index (χ0n) is 11.0. The molecular weight excluding hydrogens is 236 g/mol. The lowest BCUT2D eigenvalue weighted by atomic mass is 9.87. The predicted octanol–water partition coefficient (Wildman–Crippen LogP) is 3.10. The summed E-state index contributed by atoms with van der Waals surface area (Å²) in [5, 5.41) is 3.10. The van der Waals surface area contributed by atoms with Gasteiger partial charge in [0.15, 0.2) is 0 Å². The molecule has 4 heteroatoms. The molecule has 0 aliphatic carbocycles. The molecule has 1 fully saturated rings. The lowest BCUT2D eigenvalue weighted by Gasteiger charge is -2.33. The van der Waals surface area contributed by atoms with Gasteiger partial charge < -0.3 is 10.1 Å². The Bertz CT molecular complexity index is 442. The number of likely N-dealkylation sites (N-methyl/N-ethyl adjacent to an activating group) is 1. The molecule has 2 unspecified atom stereocenters.